The summed E-state index contributed by atoms with van der Waals surface area (Å²) < 4.78 is 26.6. The number of carboxylic acid groups (broad SMARTS) is 1. The molecule has 0 aliphatic carbocycles. The lowest BCUT2D eigenvalue weighted by Crippen LogP contribution is -2.41. The van der Waals surface area contributed by atoms with Crippen molar-refractivity contribution in [1.29, 1.82) is 0 Å². The number of halogens is 2. The van der Waals surface area contributed by atoms with Crippen molar-refractivity contribution in [3.05, 3.63) is 29.6 Å². The number of hydrogen-bond acceptors (Lipinski definition) is 3. The van der Waals surface area contributed by atoms with Crippen molar-refractivity contribution in [2.45, 2.75) is 19.3 Å². The number of aliphatic carboxylic acids is 1. The Labute approximate surface area is 114 Å². The quantitative estimate of drug-likeness (QED) is 0.857. The molecule has 1 atom stereocenters. The lowest BCUT2D eigenvalue weighted by atomic mass is 9.94. The average molecular weight is 284 g/mol. The summed E-state index contributed by atoms with van der Waals surface area (Å²) in [5.74, 6) is -4.28. The molecule has 1 aliphatic heterocycles. The Kier molecular flexibility index (Phi) is 4.26. The third-order valence-corrected chi connectivity index (χ3v) is 3.35. The van der Waals surface area contributed by atoms with Crippen LogP contribution in [0.3, 0.4) is 0 Å². The Morgan fingerprint density at radius 1 is 1.45 bits per heavy atom. The molecule has 2 rings (SSSR count). The molecule has 1 aromatic rings. The summed E-state index contributed by atoms with van der Waals surface area (Å²) in [6, 6.07) is 1.13. The van der Waals surface area contributed by atoms with Crippen LogP contribution in [0.1, 0.15) is 29.6 Å². The number of rotatable bonds is 3. The summed E-state index contributed by atoms with van der Waals surface area (Å²) in [5, 5.41) is 8.77. The molecule has 0 aromatic carbocycles. The fourth-order valence-corrected chi connectivity index (χ4v) is 2.42. The molecule has 0 saturated carbocycles. The molecule has 1 amide bonds. The fraction of sp³-hybridized carbons (Fsp3) is 0.462. The van der Waals surface area contributed by atoms with E-state index in [9.17, 15) is 18.4 Å². The maximum Gasteiger partial charge on any atom is 0.303 e. The Bertz CT molecular complexity index is 536. The van der Waals surface area contributed by atoms with E-state index >= 15 is 0 Å². The van der Waals surface area contributed by atoms with Gasteiger partial charge in [0.2, 0.25) is 5.95 Å². The van der Waals surface area contributed by atoms with Crippen LogP contribution in [0.2, 0.25) is 0 Å². The third kappa shape index (κ3) is 3.09. The summed E-state index contributed by atoms with van der Waals surface area (Å²) in [7, 11) is 0. The van der Waals surface area contributed by atoms with E-state index in [1.54, 1.807) is 0 Å². The molecule has 1 N–H and O–H groups in total. The Hall–Kier alpha value is -2.05. The molecule has 0 bridgehead atoms. The van der Waals surface area contributed by atoms with Gasteiger partial charge in [-0.05, 0) is 24.8 Å². The van der Waals surface area contributed by atoms with E-state index in [4.69, 9.17) is 5.11 Å². The first-order valence-corrected chi connectivity index (χ1v) is 6.30. The molecule has 7 heteroatoms. The summed E-state index contributed by atoms with van der Waals surface area (Å²) in [5.41, 5.74) is -0.367. The summed E-state index contributed by atoms with van der Waals surface area (Å²) >= 11 is 0. The predicted octanol–water partition coefficient (Wildman–Crippen LogP) is 1.69. The maximum atomic E-state index is 13.5. The minimum atomic E-state index is -1.31. The number of carbonyl (C=O) groups is 2. The van der Waals surface area contributed by atoms with Crippen molar-refractivity contribution >= 4 is 11.9 Å². The lowest BCUT2D eigenvalue weighted by Gasteiger charge is -2.32. The molecule has 0 radical (unpaired) electrons. The van der Waals surface area contributed by atoms with Crippen LogP contribution in [0.4, 0.5) is 8.78 Å². The van der Waals surface area contributed by atoms with Crippen LogP contribution < -0.4 is 0 Å². The number of carboxylic acids is 1. The SMILES string of the molecule is O=C(O)CC1CCCN(C(=O)c2ccnc(F)c2F)C1. The second kappa shape index (κ2) is 5.94. The zero-order valence-corrected chi connectivity index (χ0v) is 10.7. The highest BCUT2D eigenvalue weighted by molar-refractivity contribution is 5.94. The van der Waals surface area contributed by atoms with E-state index in [1.807, 2.05) is 0 Å². The first kappa shape index (κ1) is 14.4. The van der Waals surface area contributed by atoms with E-state index in [-0.39, 0.29) is 24.4 Å². The molecule has 5 nitrogen and oxygen atoms in total. The van der Waals surface area contributed by atoms with Crippen LogP contribution in [0.25, 0.3) is 0 Å². The summed E-state index contributed by atoms with van der Waals surface area (Å²) in [6.07, 6.45) is 2.36. The van der Waals surface area contributed by atoms with Crippen LogP contribution >= 0.6 is 0 Å². The van der Waals surface area contributed by atoms with Crippen LogP contribution in [0.5, 0.6) is 0 Å². The van der Waals surface area contributed by atoms with Gasteiger partial charge in [0.05, 0.1) is 5.56 Å². The van der Waals surface area contributed by atoms with Crippen molar-refractivity contribution in [2.75, 3.05) is 13.1 Å². The van der Waals surface area contributed by atoms with Crippen LogP contribution in [-0.4, -0.2) is 40.0 Å². The van der Waals surface area contributed by atoms with Gasteiger partial charge in [-0.1, -0.05) is 0 Å². The van der Waals surface area contributed by atoms with Crippen LogP contribution in [-0.2, 0) is 4.79 Å². The molecule has 108 valence electrons. The summed E-state index contributed by atoms with van der Waals surface area (Å²) in [6.45, 7) is 0.660. The number of amides is 1. The molecule has 1 aliphatic rings. The normalized spacial score (nSPS) is 18.9. The number of hydrogen-bond donors (Lipinski definition) is 1. The first-order valence-electron chi connectivity index (χ1n) is 6.30. The number of pyridine rings is 1. The molecule has 0 spiro atoms. The predicted molar refractivity (Wildman–Crippen MR) is 65.0 cm³/mol. The highest BCUT2D eigenvalue weighted by Crippen LogP contribution is 2.22. The highest BCUT2D eigenvalue weighted by Gasteiger charge is 2.28. The van der Waals surface area contributed by atoms with E-state index in [0.29, 0.717) is 19.4 Å². The standard InChI is InChI=1S/C13H14F2N2O3/c14-11-9(3-4-16-12(11)15)13(20)17-5-1-2-8(7-17)6-10(18)19/h3-4,8H,1-2,5-7H2,(H,18,19). The van der Waals surface area contributed by atoms with Crippen molar-refractivity contribution in [1.82, 2.24) is 9.88 Å². The molecule has 20 heavy (non-hydrogen) atoms. The topological polar surface area (TPSA) is 70.5 Å². The largest absolute Gasteiger partial charge is 0.481 e. The summed E-state index contributed by atoms with van der Waals surface area (Å²) in [4.78, 5) is 27.3. The Morgan fingerprint density at radius 2 is 2.20 bits per heavy atom. The van der Waals surface area contributed by atoms with Gasteiger partial charge >= 0.3 is 5.97 Å². The van der Waals surface area contributed by atoms with Crippen molar-refractivity contribution in [3.8, 4) is 0 Å². The number of piperidine rings is 1. The van der Waals surface area contributed by atoms with Gasteiger partial charge in [0.1, 0.15) is 0 Å². The molecule has 1 unspecified atom stereocenters. The number of likely N-dealkylation sites (tertiary alicyclic amines) is 1. The number of aromatic nitrogens is 1. The van der Waals surface area contributed by atoms with E-state index < -0.39 is 23.6 Å². The third-order valence-electron chi connectivity index (χ3n) is 3.35. The molecule has 1 fully saturated rings. The second-order valence-electron chi connectivity index (χ2n) is 4.82. The molecular formula is C13H14F2N2O3. The monoisotopic (exact) mass is 284 g/mol. The van der Waals surface area contributed by atoms with Gasteiger partial charge < -0.3 is 10.0 Å². The Balaban J connectivity index is 2.12. The highest BCUT2D eigenvalue weighted by atomic mass is 19.2. The van der Waals surface area contributed by atoms with Gasteiger partial charge in [-0.25, -0.2) is 9.37 Å². The van der Waals surface area contributed by atoms with Crippen molar-refractivity contribution in [3.63, 3.8) is 0 Å². The zero-order valence-electron chi connectivity index (χ0n) is 10.7. The van der Waals surface area contributed by atoms with E-state index in [1.165, 1.54) is 4.90 Å². The number of nitrogens with zero attached hydrogens (tertiary/aromatic N) is 2. The van der Waals surface area contributed by atoms with Gasteiger partial charge in [-0.15, -0.1) is 0 Å². The molecule has 2 heterocycles. The van der Waals surface area contributed by atoms with Gasteiger partial charge in [0.25, 0.3) is 5.91 Å². The minimum absolute atomic E-state index is 0.0308. The van der Waals surface area contributed by atoms with Gasteiger partial charge in [0.15, 0.2) is 5.82 Å². The minimum Gasteiger partial charge on any atom is -0.481 e. The molecular weight excluding hydrogens is 270 g/mol. The van der Waals surface area contributed by atoms with E-state index in [2.05, 4.69) is 4.98 Å². The van der Waals surface area contributed by atoms with Crippen LogP contribution in [0, 0.1) is 17.7 Å². The maximum absolute atomic E-state index is 13.5. The van der Waals surface area contributed by atoms with Crippen LogP contribution in [0.15, 0.2) is 12.3 Å². The molecule has 1 saturated heterocycles. The fourth-order valence-electron chi connectivity index (χ4n) is 2.42. The second-order valence-corrected chi connectivity index (χ2v) is 4.82. The van der Waals surface area contributed by atoms with Crippen molar-refractivity contribution < 1.29 is 23.5 Å². The first-order chi connectivity index (χ1) is 9.49. The van der Waals surface area contributed by atoms with Gasteiger partial charge in [0, 0.05) is 25.7 Å². The average Bonchev–Trinajstić information content (AvgIpc) is 2.41. The Morgan fingerprint density at radius 3 is 2.90 bits per heavy atom. The lowest BCUT2D eigenvalue weighted by molar-refractivity contribution is -0.138. The van der Waals surface area contributed by atoms with E-state index in [0.717, 1.165) is 12.3 Å². The van der Waals surface area contributed by atoms with Crippen molar-refractivity contribution in [2.24, 2.45) is 5.92 Å². The van der Waals surface area contributed by atoms with Gasteiger partial charge in [-0.2, -0.15) is 4.39 Å². The molecule has 1 aromatic heterocycles. The van der Waals surface area contributed by atoms with Gasteiger partial charge in [-0.3, -0.25) is 9.59 Å². The smallest absolute Gasteiger partial charge is 0.303 e. The zero-order chi connectivity index (χ0) is 14.7. The number of carbonyl (C=O) groups excluding carboxylic acids is 1.